The fraction of sp³-hybridized carbons (Fsp3) is 0.833. The Labute approximate surface area is 83.3 Å². The van der Waals surface area contributed by atoms with Crippen molar-refractivity contribution >= 4 is 0 Å². The molecule has 0 aliphatic heterocycles. The van der Waals surface area contributed by atoms with Crippen LogP contribution in [0.3, 0.4) is 0 Å². The first kappa shape index (κ1) is 12.5. The first-order valence-electron chi connectivity index (χ1n) is 5.49. The summed E-state index contributed by atoms with van der Waals surface area (Å²) in [6, 6.07) is 0.282. The molecule has 0 saturated heterocycles. The Hall–Kier alpha value is -0.480. The maximum atomic E-state index is 5.51. The molecule has 1 N–H and O–H groups in total. The Bertz CT molecular complexity index is 140. The normalized spacial score (nSPS) is 12.8. The summed E-state index contributed by atoms with van der Waals surface area (Å²) in [6.45, 7) is 7.53. The van der Waals surface area contributed by atoms with Gasteiger partial charge in [0.25, 0.3) is 0 Å². The lowest BCUT2D eigenvalue weighted by atomic mass is 9.91. The lowest BCUT2D eigenvalue weighted by molar-refractivity contribution is 0.366. The lowest BCUT2D eigenvalue weighted by Gasteiger charge is -2.22. The second kappa shape index (κ2) is 8.13. The molecular weight excluding hydrogens is 158 g/mol. The summed E-state index contributed by atoms with van der Waals surface area (Å²) in [6.07, 6.45) is 10.5. The summed E-state index contributed by atoms with van der Waals surface area (Å²) < 4.78 is 0. The van der Waals surface area contributed by atoms with Gasteiger partial charge >= 0.3 is 0 Å². The van der Waals surface area contributed by atoms with Crippen molar-refractivity contribution in [3.8, 4) is 12.3 Å². The number of hydrogen-bond acceptors (Lipinski definition) is 1. The van der Waals surface area contributed by atoms with Crippen LogP contribution in [-0.4, -0.2) is 12.6 Å². The minimum absolute atomic E-state index is 0.282. The van der Waals surface area contributed by atoms with Crippen molar-refractivity contribution in [2.75, 3.05) is 6.54 Å². The molecule has 0 amide bonds. The molecule has 1 nitrogen and oxygen atoms in total. The summed E-state index contributed by atoms with van der Waals surface area (Å²) >= 11 is 0. The molecule has 0 heterocycles. The molecule has 1 heteroatoms. The Balaban J connectivity index is 4.05. The largest absolute Gasteiger partial charge is 0.304 e. The van der Waals surface area contributed by atoms with Gasteiger partial charge in [-0.25, -0.2) is 0 Å². The van der Waals surface area contributed by atoms with E-state index in [9.17, 15) is 0 Å². The number of hydrogen-bond donors (Lipinski definition) is 1. The smallest absolute Gasteiger partial charge is 0.0715 e. The molecule has 13 heavy (non-hydrogen) atoms. The quantitative estimate of drug-likeness (QED) is 0.596. The molecule has 0 aliphatic carbocycles. The fourth-order valence-corrected chi connectivity index (χ4v) is 1.80. The predicted molar refractivity (Wildman–Crippen MR) is 59.6 cm³/mol. The molecule has 0 spiro atoms. The van der Waals surface area contributed by atoms with Crippen molar-refractivity contribution in [3.05, 3.63) is 0 Å². The topological polar surface area (TPSA) is 12.0 Å². The molecule has 0 bridgehead atoms. The van der Waals surface area contributed by atoms with E-state index < -0.39 is 0 Å². The van der Waals surface area contributed by atoms with Gasteiger partial charge in [0.2, 0.25) is 0 Å². The molecular formula is C12H23N. The SMILES string of the molecule is C#CC(NCC)C(CCC)CCC. The maximum absolute atomic E-state index is 5.51. The van der Waals surface area contributed by atoms with Gasteiger partial charge in [0.15, 0.2) is 0 Å². The third-order valence-corrected chi connectivity index (χ3v) is 2.39. The van der Waals surface area contributed by atoms with Gasteiger partial charge in [-0.15, -0.1) is 6.42 Å². The lowest BCUT2D eigenvalue weighted by Crippen LogP contribution is -2.34. The summed E-state index contributed by atoms with van der Waals surface area (Å²) in [5.74, 6) is 3.53. The van der Waals surface area contributed by atoms with Crippen LogP contribution in [0.2, 0.25) is 0 Å². The van der Waals surface area contributed by atoms with Gasteiger partial charge in [0.1, 0.15) is 0 Å². The number of nitrogens with one attached hydrogen (secondary N) is 1. The second-order valence-electron chi connectivity index (χ2n) is 3.54. The molecule has 0 aromatic carbocycles. The summed E-state index contributed by atoms with van der Waals surface area (Å²) in [7, 11) is 0. The summed E-state index contributed by atoms with van der Waals surface area (Å²) in [5, 5.41) is 3.37. The second-order valence-corrected chi connectivity index (χ2v) is 3.54. The zero-order chi connectivity index (χ0) is 10.1. The molecule has 0 aliphatic rings. The zero-order valence-corrected chi connectivity index (χ0v) is 9.27. The molecule has 0 rings (SSSR count). The Morgan fingerprint density at radius 3 is 2.00 bits per heavy atom. The van der Waals surface area contributed by atoms with Gasteiger partial charge in [-0.2, -0.15) is 0 Å². The van der Waals surface area contributed by atoms with Crippen LogP contribution in [0.15, 0.2) is 0 Å². The fourth-order valence-electron chi connectivity index (χ4n) is 1.80. The highest BCUT2D eigenvalue weighted by molar-refractivity contribution is 5.01. The van der Waals surface area contributed by atoms with Crippen molar-refractivity contribution < 1.29 is 0 Å². The monoisotopic (exact) mass is 181 g/mol. The summed E-state index contributed by atoms with van der Waals surface area (Å²) in [5.41, 5.74) is 0. The molecule has 76 valence electrons. The Morgan fingerprint density at radius 1 is 1.15 bits per heavy atom. The van der Waals surface area contributed by atoms with Crippen LogP contribution in [0.5, 0.6) is 0 Å². The third-order valence-electron chi connectivity index (χ3n) is 2.39. The van der Waals surface area contributed by atoms with Crippen LogP contribution in [-0.2, 0) is 0 Å². The number of terminal acetylenes is 1. The molecule has 1 atom stereocenters. The van der Waals surface area contributed by atoms with Crippen LogP contribution in [0.4, 0.5) is 0 Å². The van der Waals surface area contributed by atoms with Crippen LogP contribution in [0.1, 0.15) is 46.5 Å². The average molecular weight is 181 g/mol. The third kappa shape index (κ3) is 4.95. The van der Waals surface area contributed by atoms with E-state index in [1.165, 1.54) is 25.7 Å². The van der Waals surface area contributed by atoms with E-state index in [-0.39, 0.29) is 6.04 Å². The van der Waals surface area contributed by atoms with E-state index in [1.54, 1.807) is 0 Å². The molecule has 0 aromatic rings. The minimum Gasteiger partial charge on any atom is -0.304 e. The van der Waals surface area contributed by atoms with Crippen molar-refractivity contribution in [2.45, 2.75) is 52.5 Å². The predicted octanol–water partition coefficient (Wildman–Crippen LogP) is 2.81. The summed E-state index contributed by atoms with van der Waals surface area (Å²) in [4.78, 5) is 0. The molecule has 0 saturated carbocycles. The van der Waals surface area contributed by atoms with Crippen LogP contribution >= 0.6 is 0 Å². The standard InChI is InChI=1S/C12H23N/c1-5-9-11(10-6-2)12(7-3)13-8-4/h3,11-13H,5-6,8-10H2,1-2,4H3. The zero-order valence-electron chi connectivity index (χ0n) is 9.27. The maximum Gasteiger partial charge on any atom is 0.0715 e. The van der Waals surface area contributed by atoms with Crippen molar-refractivity contribution in [3.63, 3.8) is 0 Å². The Morgan fingerprint density at radius 2 is 1.69 bits per heavy atom. The van der Waals surface area contributed by atoms with E-state index in [4.69, 9.17) is 6.42 Å². The van der Waals surface area contributed by atoms with E-state index in [0.717, 1.165) is 6.54 Å². The van der Waals surface area contributed by atoms with Gasteiger partial charge in [-0.05, 0) is 25.3 Å². The van der Waals surface area contributed by atoms with Crippen LogP contribution in [0, 0.1) is 18.3 Å². The van der Waals surface area contributed by atoms with E-state index >= 15 is 0 Å². The molecule has 0 aromatic heterocycles. The molecule has 0 radical (unpaired) electrons. The molecule has 0 fully saturated rings. The van der Waals surface area contributed by atoms with Gasteiger partial charge < -0.3 is 5.32 Å². The van der Waals surface area contributed by atoms with Gasteiger partial charge in [-0.3, -0.25) is 0 Å². The van der Waals surface area contributed by atoms with Crippen molar-refractivity contribution in [1.29, 1.82) is 0 Å². The highest BCUT2D eigenvalue weighted by Crippen LogP contribution is 2.17. The van der Waals surface area contributed by atoms with Gasteiger partial charge in [0.05, 0.1) is 6.04 Å². The minimum atomic E-state index is 0.282. The first-order valence-corrected chi connectivity index (χ1v) is 5.49. The van der Waals surface area contributed by atoms with Gasteiger partial charge in [-0.1, -0.05) is 39.5 Å². The van der Waals surface area contributed by atoms with E-state index in [0.29, 0.717) is 5.92 Å². The van der Waals surface area contributed by atoms with E-state index in [2.05, 4.69) is 32.0 Å². The highest BCUT2D eigenvalue weighted by Gasteiger charge is 2.16. The number of rotatable bonds is 7. The highest BCUT2D eigenvalue weighted by atomic mass is 14.9. The van der Waals surface area contributed by atoms with Gasteiger partial charge in [0, 0.05) is 0 Å². The van der Waals surface area contributed by atoms with Crippen LogP contribution < -0.4 is 5.32 Å². The first-order chi connectivity index (χ1) is 6.29. The average Bonchev–Trinajstić information content (AvgIpc) is 2.14. The van der Waals surface area contributed by atoms with E-state index in [1.807, 2.05) is 0 Å². The van der Waals surface area contributed by atoms with Crippen molar-refractivity contribution in [2.24, 2.45) is 5.92 Å². The molecule has 1 unspecified atom stereocenters. The van der Waals surface area contributed by atoms with Crippen LogP contribution in [0.25, 0.3) is 0 Å². The van der Waals surface area contributed by atoms with Crippen molar-refractivity contribution in [1.82, 2.24) is 5.32 Å². The Kier molecular flexibility index (Phi) is 7.83.